The van der Waals surface area contributed by atoms with E-state index in [9.17, 15) is 0 Å². The minimum atomic E-state index is 0.235. The molecule has 0 spiro atoms. The maximum absolute atomic E-state index is 5.96. The third-order valence-corrected chi connectivity index (χ3v) is 4.08. The molecule has 2 N–H and O–H groups in total. The summed E-state index contributed by atoms with van der Waals surface area (Å²) in [5.74, 6) is 0.952. The molecule has 1 fully saturated rings. The van der Waals surface area contributed by atoms with Crippen molar-refractivity contribution in [2.24, 2.45) is 11.7 Å². The van der Waals surface area contributed by atoms with Crippen molar-refractivity contribution in [1.82, 2.24) is 4.90 Å². The lowest BCUT2D eigenvalue weighted by molar-refractivity contribution is 0.0689. The molecule has 1 saturated carbocycles. The Hall–Kier alpha value is -0.0800. The van der Waals surface area contributed by atoms with Crippen LogP contribution < -0.4 is 5.73 Å². The van der Waals surface area contributed by atoms with Gasteiger partial charge in [-0.25, -0.2) is 0 Å². The summed E-state index contributed by atoms with van der Waals surface area (Å²) in [5.41, 5.74) is 6.20. The number of nitrogens with two attached hydrogens (primary N) is 1. The highest BCUT2D eigenvalue weighted by atomic mass is 15.2. The van der Waals surface area contributed by atoms with Crippen LogP contribution in [0.15, 0.2) is 0 Å². The van der Waals surface area contributed by atoms with Crippen LogP contribution in [0.4, 0.5) is 0 Å². The zero-order valence-corrected chi connectivity index (χ0v) is 10.8. The highest BCUT2D eigenvalue weighted by molar-refractivity contribution is 4.88. The van der Waals surface area contributed by atoms with Crippen molar-refractivity contribution in [2.75, 3.05) is 19.6 Å². The Morgan fingerprint density at radius 2 is 2.00 bits per heavy atom. The highest BCUT2D eigenvalue weighted by Crippen LogP contribution is 2.30. The van der Waals surface area contributed by atoms with Gasteiger partial charge < -0.3 is 5.73 Å². The number of hydrogen-bond donors (Lipinski definition) is 1. The zero-order valence-electron chi connectivity index (χ0n) is 10.8. The van der Waals surface area contributed by atoms with Crippen LogP contribution in [0.25, 0.3) is 0 Å². The molecular formula is C13H28N2. The Balaban J connectivity index is 2.51. The predicted molar refractivity (Wildman–Crippen MR) is 67.0 cm³/mol. The van der Waals surface area contributed by atoms with Crippen molar-refractivity contribution >= 4 is 0 Å². The van der Waals surface area contributed by atoms with Crippen molar-refractivity contribution in [3.63, 3.8) is 0 Å². The van der Waals surface area contributed by atoms with E-state index in [2.05, 4.69) is 25.7 Å². The molecule has 0 heterocycles. The number of rotatable bonds is 7. The predicted octanol–water partition coefficient (Wildman–Crippen LogP) is 2.63. The summed E-state index contributed by atoms with van der Waals surface area (Å²) in [6.45, 7) is 10.1. The van der Waals surface area contributed by atoms with Gasteiger partial charge in [0.05, 0.1) is 0 Å². The maximum Gasteiger partial charge on any atom is 0.0303 e. The molecule has 0 aromatic heterocycles. The van der Waals surface area contributed by atoms with Gasteiger partial charge >= 0.3 is 0 Å². The molecule has 1 rings (SSSR count). The molecule has 1 aliphatic rings. The topological polar surface area (TPSA) is 29.3 Å². The van der Waals surface area contributed by atoms with E-state index in [4.69, 9.17) is 5.73 Å². The van der Waals surface area contributed by atoms with Crippen LogP contribution in [0.2, 0.25) is 0 Å². The molecule has 0 aromatic rings. The third-order valence-electron chi connectivity index (χ3n) is 4.08. The summed E-state index contributed by atoms with van der Waals surface area (Å²) in [6, 6.07) is 0. The Morgan fingerprint density at radius 3 is 2.33 bits per heavy atom. The van der Waals surface area contributed by atoms with Gasteiger partial charge in [-0.2, -0.15) is 0 Å². The van der Waals surface area contributed by atoms with Gasteiger partial charge in [0.25, 0.3) is 0 Å². The van der Waals surface area contributed by atoms with Gasteiger partial charge in [-0.15, -0.1) is 0 Å². The molecule has 0 bridgehead atoms. The monoisotopic (exact) mass is 212 g/mol. The zero-order chi connectivity index (χ0) is 11.3. The van der Waals surface area contributed by atoms with Crippen molar-refractivity contribution in [3.8, 4) is 0 Å². The van der Waals surface area contributed by atoms with Gasteiger partial charge in [0, 0.05) is 18.6 Å². The fraction of sp³-hybridized carbons (Fsp3) is 1.00. The molecule has 1 atom stereocenters. The summed E-state index contributed by atoms with van der Waals surface area (Å²) >= 11 is 0. The van der Waals surface area contributed by atoms with Gasteiger partial charge in [-0.1, -0.05) is 26.7 Å². The van der Waals surface area contributed by atoms with Crippen molar-refractivity contribution in [3.05, 3.63) is 0 Å². The standard InChI is InChI=1S/C13H28N2/c1-4-9-13(3,11-14)15(5-2)10-12-7-6-8-12/h12H,4-11,14H2,1-3H3. The minimum absolute atomic E-state index is 0.235. The second kappa shape index (κ2) is 5.86. The Morgan fingerprint density at radius 1 is 1.33 bits per heavy atom. The molecule has 0 aromatic carbocycles. The maximum atomic E-state index is 5.96. The van der Waals surface area contributed by atoms with Crippen molar-refractivity contribution < 1.29 is 0 Å². The molecule has 0 amide bonds. The normalized spacial score (nSPS) is 21.4. The molecule has 15 heavy (non-hydrogen) atoms. The lowest BCUT2D eigenvalue weighted by Gasteiger charge is -2.43. The smallest absolute Gasteiger partial charge is 0.0303 e. The molecule has 0 radical (unpaired) electrons. The Kier molecular flexibility index (Phi) is 5.07. The van der Waals surface area contributed by atoms with Crippen LogP contribution in [-0.4, -0.2) is 30.1 Å². The van der Waals surface area contributed by atoms with Crippen LogP contribution in [0.1, 0.15) is 52.9 Å². The highest BCUT2D eigenvalue weighted by Gasteiger charge is 2.31. The fourth-order valence-electron chi connectivity index (χ4n) is 2.65. The van der Waals surface area contributed by atoms with E-state index < -0.39 is 0 Å². The van der Waals surface area contributed by atoms with E-state index in [1.807, 2.05) is 0 Å². The lowest BCUT2D eigenvalue weighted by atomic mass is 9.83. The van der Waals surface area contributed by atoms with Crippen LogP contribution in [0.3, 0.4) is 0 Å². The SMILES string of the molecule is CCCC(C)(CN)N(CC)CC1CCC1. The first-order chi connectivity index (χ1) is 7.16. The van der Waals surface area contributed by atoms with E-state index in [1.54, 1.807) is 0 Å². The summed E-state index contributed by atoms with van der Waals surface area (Å²) in [4.78, 5) is 2.61. The quantitative estimate of drug-likeness (QED) is 0.703. The van der Waals surface area contributed by atoms with E-state index in [-0.39, 0.29) is 5.54 Å². The summed E-state index contributed by atoms with van der Waals surface area (Å²) < 4.78 is 0. The third kappa shape index (κ3) is 3.18. The van der Waals surface area contributed by atoms with Gasteiger partial charge in [0.1, 0.15) is 0 Å². The Labute approximate surface area is 95.2 Å². The average Bonchev–Trinajstić information content (AvgIpc) is 2.16. The van der Waals surface area contributed by atoms with Crippen molar-refractivity contribution in [1.29, 1.82) is 0 Å². The van der Waals surface area contributed by atoms with Crippen LogP contribution in [0, 0.1) is 5.92 Å². The molecule has 90 valence electrons. The first-order valence-electron chi connectivity index (χ1n) is 6.61. The van der Waals surface area contributed by atoms with Gasteiger partial charge in [-0.05, 0) is 38.6 Å². The summed E-state index contributed by atoms with van der Waals surface area (Å²) in [5, 5.41) is 0. The van der Waals surface area contributed by atoms with Gasteiger partial charge in [0.2, 0.25) is 0 Å². The van der Waals surface area contributed by atoms with E-state index in [0.717, 1.165) is 19.0 Å². The summed E-state index contributed by atoms with van der Waals surface area (Å²) in [6.07, 6.45) is 6.76. The average molecular weight is 212 g/mol. The van der Waals surface area contributed by atoms with Crippen molar-refractivity contribution in [2.45, 2.75) is 58.4 Å². The largest absolute Gasteiger partial charge is 0.329 e. The molecule has 1 unspecified atom stereocenters. The molecule has 0 saturated heterocycles. The first kappa shape index (κ1) is 13.0. The molecule has 2 heteroatoms. The van der Waals surface area contributed by atoms with Gasteiger partial charge in [0.15, 0.2) is 0 Å². The number of nitrogens with zero attached hydrogens (tertiary/aromatic N) is 1. The second-order valence-electron chi connectivity index (χ2n) is 5.29. The van der Waals surface area contributed by atoms with E-state index in [0.29, 0.717) is 0 Å². The van der Waals surface area contributed by atoms with Crippen LogP contribution in [0.5, 0.6) is 0 Å². The van der Waals surface area contributed by atoms with E-state index in [1.165, 1.54) is 38.6 Å². The summed E-state index contributed by atoms with van der Waals surface area (Å²) in [7, 11) is 0. The number of hydrogen-bond acceptors (Lipinski definition) is 2. The molecule has 0 aliphatic heterocycles. The Bertz CT molecular complexity index is 177. The first-order valence-corrected chi connectivity index (χ1v) is 6.61. The van der Waals surface area contributed by atoms with Crippen LogP contribution in [-0.2, 0) is 0 Å². The second-order valence-corrected chi connectivity index (χ2v) is 5.29. The fourth-order valence-corrected chi connectivity index (χ4v) is 2.65. The molecule has 2 nitrogen and oxygen atoms in total. The lowest BCUT2D eigenvalue weighted by Crippen LogP contribution is -2.53. The molecular weight excluding hydrogens is 184 g/mol. The minimum Gasteiger partial charge on any atom is -0.329 e. The molecule has 1 aliphatic carbocycles. The number of likely N-dealkylation sites (N-methyl/N-ethyl adjacent to an activating group) is 1. The van der Waals surface area contributed by atoms with Crippen LogP contribution >= 0.6 is 0 Å². The van der Waals surface area contributed by atoms with Gasteiger partial charge in [-0.3, -0.25) is 4.90 Å². The van der Waals surface area contributed by atoms with E-state index >= 15 is 0 Å².